The largest absolute Gasteiger partial charge is 0.370 e. The highest BCUT2D eigenvalue weighted by Crippen LogP contribution is 2.22. The lowest BCUT2D eigenvalue weighted by molar-refractivity contribution is 0.914. The maximum absolute atomic E-state index is 4.70. The Morgan fingerprint density at radius 2 is 1.69 bits per heavy atom. The number of anilines is 1. The van der Waals surface area contributed by atoms with E-state index >= 15 is 0 Å². The number of pyridine rings is 1. The van der Waals surface area contributed by atoms with Crippen molar-refractivity contribution in [2.24, 2.45) is 0 Å². The molecule has 1 N–H and O–H groups in total. The highest BCUT2D eigenvalue weighted by Gasteiger charge is 2.08. The van der Waals surface area contributed by atoms with E-state index in [0.717, 1.165) is 41.3 Å². The lowest BCUT2D eigenvalue weighted by atomic mass is 10.1. The van der Waals surface area contributed by atoms with Crippen molar-refractivity contribution in [1.29, 1.82) is 0 Å². The zero-order chi connectivity index (χ0) is 20.6. The molecule has 0 spiro atoms. The molecule has 4 rings (SSSR count). The third kappa shape index (κ3) is 5.41. The molecule has 1 aromatic carbocycles. The van der Waals surface area contributed by atoms with Crippen LogP contribution in [-0.4, -0.2) is 26.1 Å². The molecule has 3 heterocycles. The topological polar surface area (TPSA) is 55.1 Å². The van der Waals surface area contributed by atoms with Gasteiger partial charge in [-0.25, -0.2) is 4.98 Å². The Bertz CT molecular complexity index is 1050. The Balaban J connectivity index is 0.000000755. The van der Waals surface area contributed by atoms with Crippen LogP contribution < -0.4 is 5.32 Å². The van der Waals surface area contributed by atoms with Gasteiger partial charge in [-0.1, -0.05) is 50.1 Å². The van der Waals surface area contributed by atoms with E-state index in [1.165, 1.54) is 17.5 Å². The van der Waals surface area contributed by atoms with Gasteiger partial charge in [0, 0.05) is 36.6 Å². The van der Waals surface area contributed by atoms with Gasteiger partial charge >= 0.3 is 0 Å². The van der Waals surface area contributed by atoms with Gasteiger partial charge in [0.15, 0.2) is 5.65 Å². The molecular formula is C24H29N5. The van der Waals surface area contributed by atoms with Crippen LogP contribution in [0.5, 0.6) is 0 Å². The average Bonchev–Trinajstić information content (AvgIpc) is 3.19. The maximum atomic E-state index is 4.70. The molecule has 0 fully saturated rings. The molecule has 29 heavy (non-hydrogen) atoms. The quantitative estimate of drug-likeness (QED) is 0.493. The van der Waals surface area contributed by atoms with Crippen LogP contribution in [0.2, 0.25) is 0 Å². The maximum Gasteiger partial charge on any atom is 0.157 e. The third-order valence-corrected chi connectivity index (χ3v) is 4.37. The predicted octanol–water partition coefficient (Wildman–Crippen LogP) is 5.48. The van der Waals surface area contributed by atoms with E-state index < -0.39 is 0 Å². The van der Waals surface area contributed by atoms with Gasteiger partial charge in [-0.15, -0.1) is 0 Å². The lowest BCUT2D eigenvalue weighted by Gasteiger charge is -2.11. The molecular weight excluding hydrogens is 358 g/mol. The second-order valence-corrected chi connectivity index (χ2v) is 7.25. The lowest BCUT2D eigenvalue weighted by Crippen LogP contribution is -2.10. The number of aryl methyl sites for hydroxylation is 2. The number of rotatable bonds is 5. The molecule has 0 unspecified atom stereocenters. The molecule has 0 atom stereocenters. The van der Waals surface area contributed by atoms with Crippen molar-refractivity contribution in [2.75, 3.05) is 11.9 Å². The number of hydrogen-bond donors (Lipinski definition) is 1. The van der Waals surface area contributed by atoms with Crippen molar-refractivity contribution in [3.63, 3.8) is 0 Å². The molecule has 3 aromatic heterocycles. The Labute approximate surface area is 172 Å². The summed E-state index contributed by atoms with van der Waals surface area (Å²) in [7, 11) is 0. The Kier molecular flexibility index (Phi) is 6.95. The summed E-state index contributed by atoms with van der Waals surface area (Å²) in [6.45, 7) is 9.22. The van der Waals surface area contributed by atoms with Crippen LogP contribution in [-0.2, 0) is 6.42 Å². The minimum absolute atomic E-state index is 0.821. The number of nitrogens with one attached hydrogen (secondary N) is 1. The number of hydrogen-bond acceptors (Lipinski definition) is 4. The van der Waals surface area contributed by atoms with Gasteiger partial charge in [0.2, 0.25) is 0 Å². The Hall–Kier alpha value is -3.21. The monoisotopic (exact) mass is 387 g/mol. The second-order valence-electron chi connectivity index (χ2n) is 7.25. The van der Waals surface area contributed by atoms with E-state index in [1.54, 1.807) is 6.20 Å². The predicted molar refractivity (Wildman–Crippen MR) is 120 cm³/mol. The molecule has 5 nitrogen and oxygen atoms in total. The van der Waals surface area contributed by atoms with E-state index in [4.69, 9.17) is 4.98 Å². The molecule has 150 valence electrons. The van der Waals surface area contributed by atoms with Gasteiger partial charge in [-0.2, -0.15) is 9.61 Å². The van der Waals surface area contributed by atoms with Gasteiger partial charge in [0.25, 0.3) is 0 Å². The summed E-state index contributed by atoms with van der Waals surface area (Å²) in [6, 6.07) is 14.7. The van der Waals surface area contributed by atoms with Gasteiger partial charge in [0.1, 0.15) is 5.82 Å². The van der Waals surface area contributed by atoms with Crippen molar-refractivity contribution in [1.82, 2.24) is 19.6 Å². The first-order chi connectivity index (χ1) is 14.1. The Morgan fingerprint density at radius 3 is 2.41 bits per heavy atom. The molecule has 0 radical (unpaired) electrons. The molecule has 0 bridgehead atoms. The van der Waals surface area contributed by atoms with Crippen molar-refractivity contribution in [3.8, 4) is 11.3 Å². The first-order valence-electron chi connectivity index (χ1n) is 10.2. The molecule has 0 aliphatic carbocycles. The second kappa shape index (κ2) is 9.82. The smallest absolute Gasteiger partial charge is 0.157 e. The van der Waals surface area contributed by atoms with Crippen LogP contribution >= 0.6 is 0 Å². The van der Waals surface area contributed by atoms with Gasteiger partial charge in [-0.05, 0) is 37.5 Å². The third-order valence-electron chi connectivity index (χ3n) is 4.37. The highest BCUT2D eigenvalue weighted by atomic mass is 15.3. The molecule has 0 amide bonds. The van der Waals surface area contributed by atoms with Crippen LogP contribution in [0.1, 0.15) is 37.0 Å². The number of nitrogens with zero attached hydrogens (tertiary/aromatic N) is 4. The van der Waals surface area contributed by atoms with Crippen LogP contribution in [0.15, 0.2) is 61.1 Å². The van der Waals surface area contributed by atoms with Gasteiger partial charge in [-0.3, -0.25) is 4.98 Å². The first-order valence-corrected chi connectivity index (χ1v) is 10.2. The van der Waals surface area contributed by atoms with E-state index in [2.05, 4.69) is 66.5 Å². The minimum atomic E-state index is 0.821. The van der Waals surface area contributed by atoms with Crippen LogP contribution in [0, 0.1) is 13.8 Å². The van der Waals surface area contributed by atoms with Crippen molar-refractivity contribution < 1.29 is 0 Å². The summed E-state index contributed by atoms with van der Waals surface area (Å²) in [5.41, 5.74) is 6.44. The molecule has 4 aromatic rings. The molecule has 0 saturated carbocycles. The highest BCUT2D eigenvalue weighted by molar-refractivity contribution is 5.66. The normalized spacial score (nSPS) is 10.5. The van der Waals surface area contributed by atoms with Crippen LogP contribution in [0.4, 0.5) is 5.82 Å². The summed E-state index contributed by atoms with van der Waals surface area (Å²) in [5.74, 6) is 0.934. The van der Waals surface area contributed by atoms with E-state index in [0.29, 0.717) is 0 Å². The SMILES string of the molecule is CCC.Cc1ccc(CCNc2cc(-c3cncc(C)c3)nc3ccnn23)cc1. The van der Waals surface area contributed by atoms with Crippen molar-refractivity contribution in [3.05, 3.63) is 77.7 Å². The van der Waals surface area contributed by atoms with Crippen LogP contribution in [0.3, 0.4) is 0 Å². The fourth-order valence-electron chi connectivity index (χ4n) is 2.97. The van der Waals surface area contributed by atoms with Gasteiger partial charge in [0.05, 0.1) is 11.9 Å². The zero-order valence-electron chi connectivity index (χ0n) is 17.7. The zero-order valence-corrected chi connectivity index (χ0v) is 17.7. The summed E-state index contributed by atoms with van der Waals surface area (Å²) >= 11 is 0. The van der Waals surface area contributed by atoms with Crippen LogP contribution in [0.25, 0.3) is 16.9 Å². The van der Waals surface area contributed by atoms with Crippen molar-refractivity contribution >= 4 is 11.5 Å². The summed E-state index contributed by atoms with van der Waals surface area (Å²) in [6.07, 6.45) is 7.67. The first kappa shape index (κ1) is 20.5. The molecule has 0 aliphatic rings. The Morgan fingerprint density at radius 1 is 0.931 bits per heavy atom. The van der Waals surface area contributed by atoms with E-state index in [-0.39, 0.29) is 0 Å². The summed E-state index contributed by atoms with van der Waals surface area (Å²) < 4.78 is 1.84. The molecule has 5 heteroatoms. The fourth-order valence-corrected chi connectivity index (χ4v) is 2.97. The standard InChI is InChI=1S/C21H21N5.C3H8/c1-15-3-5-17(6-4-15)7-9-23-21-12-19(18-11-16(2)13-22-14-18)25-20-8-10-24-26(20)21;1-3-2/h3-6,8,10-14,23H,7,9H2,1-2H3;3H2,1-2H3. The molecule has 0 aliphatic heterocycles. The number of aromatic nitrogens is 4. The molecule has 0 saturated heterocycles. The average molecular weight is 388 g/mol. The minimum Gasteiger partial charge on any atom is -0.370 e. The van der Waals surface area contributed by atoms with Crippen molar-refractivity contribution in [2.45, 2.75) is 40.5 Å². The fraction of sp³-hybridized carbons (Fsp3) is 0.292. The van der Waals surface area contributed by atoms with Gasteiger partial charge < -0.3 is 5.32 Å². The van der Waals surface area contributed by atoms with E-state index in [9.17, 15) is 0 Å². The summed E-state index contributed by atoms with van der Waals surface area (Å²) in [4.78, 5) is 8.99. The van der Waals surface area contributed by atoms with E-state index in [1.807, 2.05) is 36.0 Å². The summed E-state index contributed by atoms with van der Waals surface area (Å²) in [5, 5.41) is 7.89. The number of fused-ring (bicyclic) bond motifs is 1. The number of benzene rings is 1.